The van der Waals surface area contributed by atoms with Crippen molar-refractivity contribution in [1.82, 2.24) is 4.98 Å². The van der Waals surface area contributed by atoms with Crippen LogP contribution in [0, 0.1) is 6.92 Å². The lowest BCUT2D eigenvalue weighted by molar-refractivity contribution is -0.376. The van der Waals surface area contributed by atoms with E-state index in [1.165, 1.54) is 4.90 Å². The van der Waals surface area contributed by atoms with Crippen LogP contribution in [0.4, 0.5) is 32.0 Å². The topological polar surface area (TPSA) is 83.6 Å². The minimum absolute atomic E-state index is 0.0878. The maximum Gasteiger partial charge on any atom is 0.430 e. The summed E-state index contributed by atoms with van der Waals surface area (Å²) in [5, 5.41) is 8.49. The van der Waals surface area contributed by atoms with Crippen LogP contribution in [0.15, 0.2) is 52.9 Å². The summed E-state index contributed by atoms with van der Waals surface area (Å²) in [6.45, 7) is 1.46. The molecule has 0 spiro atoms. The van der Waals surface area contributed by atoms with Crippen LogP contribution in [-0.4, -0.2) is 42.5 Å². The molecule has 1 aliphatic rings. The molecule has 1 aliphatic heterocycles. The fourth-order valence-corrected chi connectivity index (χ4v) is 5.46. The van der Waals surface area contributed by atoms with Gasteiger partial charge in [0.05, 0.1) is 6.54 Å². The molecule has 0 radical (unpaired) electrons. The summed E-state index contributed by atoms with van der Waals surface area (Å²) >= 11 is 0. The first-order valence-corrected chi connectivity index (χ1v) is 13.1. The lowest BCUT2D eigenvalue weighted by Gasteiger charge is -2.33. The van der Waals surface area contributed by atoms with Crippen LogP contribution in [0.2, 0.25) is 0 Å². The van der Waals surface area contributed by atoms with Crippen LogP contribution < -0.4 is 4.90 Å². The smallest absolute Gasteiger partial charge is 0.430 e. The van der Waals surface area contributed by atoms with Crippen molar-refractivity contribution < 1.29 is 44.3 Å². The van der Waals surface area contributed by atoms with Crippen molar-refractivity contribution in [1.29, 1.82) is 0 Å². The number of aryl methyl sites for hydroxylation is 1. The zero-order valence-electron chi connectivity index (χ0n) is 20.0. The van der Waals surface area contributed by atoms with Gasteiger partial charge in [-0.3, -0.25) is 0 Å². The molecule has 0 saturated heterocycles. The third-order valence-corrected chi connectivity index (χ3v) is 7.72. The van der Waals surface area contributed by atoms with Crippen LogP contribution in [0.5, 0.6) is 0 Å². The molecule has 0 amide bonds. The summed E-state index contributed by atoms with van der Waals surface area (Å²) < 4.78 is 111. The van der Waals surface area contributed by atoms with E-state index in [9.17, 15) is 39.9 Å². The molecule has 0 saturated carbocycles. The van der Waals surface area contributed by atoms with E-state index in [-0.39, 0.29) is 30.1 Å². The standard InChI is InChI=1S/C25H22F6N2O4S/c1-15-19(32-21(37-15)11-8-16-6-4-3-5-7-16)14-33-20-10-9-18(12-17(20)13-22(33)38(2,35)36)23(34,24(26,27)28)25(29,30)31/h3-12,22,34H,13-14H2,1-2H3/b11-8+. The molecule has 1 unspecified atom stereocenters. The number of aliphatic hydroxyl groups is 1. The Balaban J connectivity index is 1.70. The second kappa shape index (κ2) is 9.45. The van der Waals surface area contributed by atoms with Crippen LogP contribution in [-0.2, 0) is 28.4 Å². The monoisotopic (exact) mass is 560 g/mol. The first-order valence-electron chi connectivity index (χ1n) is 11.2. The van der Waals surface area contributed by atoms with Crippen molar-refractivity contribution in [3.05, 3.63) is 82.6 Å². The number of fused-ring (bicyclic) bond motifs is 1. The van der Waals surface area contributed by atoms with Crippen molar-refractivity contribution in [3.63, 3.8) is 0 Å². The van der Waals surface area contributed by atoms with Gasteiger partial charge in [0, 0.05) is 30.0 Å². The molecule has 0 bridgehead atoms. The van der Waals surface area contributed by atoms with Gasteiger partial charge in [0.1, 0.15) is 16.8 Å². The molecule has 2 aromatic carbocycles. The summed E-state index contributed by atoms with van der Waals surface area (Å²) in [7, 11) is -3.85. The van der Waals surface area contributed by atoms with Gasteiger partial charge in [-0.1, -0.05) is 42.5 Å². The SMILES string of the molecule is Cc1oc(/C=C/c2ccccc2)nc1CN1c2ccc(C(O)(C(F)(F)F)C(F)(F)F)cc2CC1S(C)(=O)=O. The molecule has 1 aromatic heterocycles. The van der Waals surface area contributed by atoms with Crippen molar-refractivity contribution in [2.24, 2.45) is 0 Å². The third kappa shape index (κ3) is 5.04. The van der Waals surface area contributed by atoms with Gasteiger partial charge in [-0.05, 0) is 30.2 Å². The summed E-state index contributed by atoms with van der Waals surface area (Å²) in [5.74, 6) is 0.589. The molecular weight excluding hydrogens is 538 g/mol. The number of anilines is 1. The highest BCUT2D eigenvalue weighted by atomic mass is 32.2. The number of alkyl halides is 6. The highest BCUT2D eigenvalue weighted by molar-refractivity contribution is 7.91. The molecule has 38 heavy (non-hydrogen) atoms. The van der Waals surface area contributed by atoms with Gasteiger partial charge in [0.15, 0.2) is 9.84 Å². The van der Waals surface area contributed by atoms with E-state index in [2.05, 4.69) is 4.98 Å². The number of hydrogen-bond acceptors (Lipinski definition) is 6. The zero-order valence-corrected chi connectivity index (χ0v) is 20.8. The molecular formula is C25H22F6N2O4S. The van der Waals surface area contributed by atoms with Gasteiger partial charge >= 0.3 is 12.4 Å². The Kier molecular flexibility index (Phi) is 6.89. The molecule has 2 heterocycles. The lowest BCUT2D eigenvalue weighted by Crippen LogP contribution is -2.53. The molecule has 6 nitrogen and oxygen atoms in total. The largest absolute Gasteiger partial charge is 0.442 e. The highest BCUT2D eigenvalue weighted by Gasteiger charge is 2.71. The van der Waals surface area contributed by atoms with Crippen molar-refractivity contribution >= 4 is 27.7 Å². The molecule has 4 rings (SSSR count). The van der Waals surface area contributed by atoms with Crippen LogP contribution in [0.25, 0.3) is 12.2 Å². The Bertz CT molecular complexity index is 1450. The normalized spacial score (nSPS) is 16.9. The van der Waals surface area contributed by atoms with Crippen molar-refractivity contribution in [3.8, 4) is 0 Å². The van der Waals surface area contributed by atoms with Crippen LogP contribution in [0.3, 0.4) is 0 Å². The van der Waals surface area contributed by atoms with Crippen LogP contribution in [0.1, 0.15) is 34.0 Å². The maximum absolute atomic E-state index is 13.4. The summed E-state index contributed by atoms with van der Waals surface area (Å²) in [4.78, 5) is 5.71. The third-order valence-electron chi connectivity index (χ3n) is 6.31. The lowest BCUT2D eigenvalue weighted by atomic mass is 9.90. The van der Waals surface area contributed by atoms with E-state index < -0.39 is 38.7 Å². The average molecular weight is 561 g/mol. The zero-order chi connectivity index (χ0) is 28.1. The van der Waals surface area contributed by atoms with Crippen molar-refractivity contribution in [2.45, 2.75) is 43.2 Å². The Hall–Kier alpha value is -3.32. The minimum atomic E-state index is -6.06. The second-order valence-corrected chi connectivity index (χ2v) is 11.2. The first kappa shape index (κ1) is 27.7. The number of nitrogens with zero attached hydrogens (tertiary/aromatic N) is 2. The predicted octanol–water partition coefficient (Wildman–Crippen LogP) is 5.40. The maximum atomic E-state index is 13.4. The highest BCUT2D eigenvalue weighted by Crippen LogP contribution is 2.51. The molecule has 3 aromatic rings. The Morgan fingerprint density at radius 3 is 2.26 bits per heavy atom. The Labute approximate surface area is 214 Å². The van der Waals surface area contributed by atoms with Gasteiger partial charge in [0.25, 0.3) is 5.60 Å². The fraction of sp³-hybridized carbons (Fsp3) is 0.320. The summed E-state index contributed by atoms with van der Waals surface area (Å²) in [6.07, 6.45) is -8.22. The Morgan fingerprint density at radius 1 is 1.05 bits per heavy atom. The quantitative estimate of drug-likeness (QED) is 0.407. The van der Waals surface area contributed by atoms with E-state index in [1.54, 1.807) is 19.1 Å². The molecule has 204 valence electrons. The van der Waals surface area contributed by atoms with E-state index >= 15 is 0 Å². The van der Waals surface area contributed by atoms with Gasteiger partial charge in [0.2, 0.25) is 5.89 Å². The number of oxazole rings is 1. The first-order chi connectivity index (χ1) is 17.5. The van der Waals surface area contributed by atoms with Gasteiger partial charge < -0.3 is 14.4 Å². The number of rotatable bonds is 6. The molecule has 0 aliphatic carbocycles. The van der Waals surface area contributed by atoms with Crippen LogP contribution >= 0.6 is 0 Å². The number of benzene rings is 2. The fourth-order valence-electron chi connectivity index (χ4n) is 4.33. The van der Waals surface area contributed by atoms with Gasteiger partial charge in [-0.25, -0.2) is 13.4 Å². The van der Waals surface area contributed by atoms with E-state index in [0.717, 1.165) is 17.9 Å². The van der Waals surface area contributed by atoms with E-state index in [4.69, 9.17) is 4.42 Å². The number of sulfone groups is 1. The minimum Gasteiger partial charge on any atom is -0.442 e. The molecule has 13 heteroatoms. The average Bonchev–Trinajstić information content (AvgIpc) is 3.36. The summed E-state index contributed by atoms with van der Waals surface area (Å²) in [5.41, 5.74) is -5.33. The predicted molar refractivity (Wildman–Crippen MR) is 128 cm³/mol. The van der Waals surface area contributed by atoms with Gasteiger partial charge in [-0.2, -0.15) is 26.3 Å². The van der Waals surface area contributed by atoms with Gasteiger partial charge in [-0.15, -0.1) is 0 Å². The van der Waals surface area contributed by atoms with E-state index in [1.807, 2.05) is 30.3 Å². The Morgan fingerprint density at radius 2 is 1.68 bits per heavy atom. The molecule has 1 atom stereocenters. The van der Waals surface area contributed by atoms with E-state index in [0.29, 0.717) is 23.6 Å². The molecule has 0 fully saturated rings. The summed E-state index contributed by atoms with van der Waals surface area (Å²) in [6, 6.07) is 11.3. The number of halogens is 6. The number of hydrogen-bond donors (Lipinski definition) is 1. The second-order valence-electron chi connectivity index (χ2n) is 8.96. The van der Waals surface area contributed by atoms with Crippen molar-refractivity contribution in [2.75, 3.05) is 11.2 Å². The molecule has 1 N–H and O–H groups in total. The number of aromatic nitrogens is 1.